The molecule has 2 rings (SSSR count). The summed E-state index contributed by atoms with van der Waals surface area (Å²) in [4.78, 5) is 34.5. The second-order valence-corrected chi connectivity index (χ2v) is 5.64. The second kappa shape index (κ2) is 9.22. The molecule has 136 valence electrons. The van der Waals surface area contributed by atoms with Gasteiger partial charge in [0.2, 0.25) is 17.7 Å². The Bertz CT molecular complexity index is 788. The van der Waals surface area contributed by atoms with Gasteiger partial charge in [-0.2, -0.15) is 0 Å². The molecule has 0 saturated carbocycles. The number of anilines is 4. The Balaban J connectivity index is 1.85. The molecule has 3 amide bonds. The predicted molar refractivity (Wildman–Crippen MR) is 103 cm³/mol. The third-order valence-corrected chi connectivity index (χ3v) is 3.41. The van der Waals surface area contributed by atoms with Gasteiger partial charge in [0.05, 0.1) is 6.54 Å². The van der Waals surface area contributed by atoms with Crippen LogP contribution in [0.3, 0.4) is 0 Å². The highest BCUT2D eigenvalue weighted by Gasteiger charge is 2.04. The monoisotopic (exact) mass is 354 g/mol. The number of rotatable bonds is 7. The minimum Gasteiger partial charge on any atom is -0.376 e. The van der Waals surface area contributed by atoms with Crippen molar-refractivity contribution in [2.75, 3.05) is 27.8 Å². The van der Waals surface area contributed by atoms with E-state index in [1.807, 2.05) is 0 Å². The van der Waals surface area contributed by atoms with Crippen LogP contribution in [0.15, 0.2) is 48.5 Å². The molecular weight excluding hydrogens is 332 g/mol. The van der Waals surface area contributed by atoms with Crippen molar-refractivity contribution in [1.29, 1.82) is 0 Å². The van der Waals surface area contributed by atoms with Crippen LogP contribution in [0.5, 0.6) is 0 Å². The van der Waals surface area contributed by atoms with E-state index in [4.69, 9.17) is 0 Å². The van der Waals surface area contributed by atoms with E-state index < -0.39 is 0 Å². The first kappa shape index (κ1) is 19.0. The van der Waals surface area contributed by atoms with Crippen LogP contribution in [-0.2, 0) is 14.4 Å². The Labute approximate surface area is 152 Å². The van der Waals surface area contributed by atoms with E-state index in [0.717, 1.165) is 5.69 Å². The van der Waals surface area contributed by atoms with Crippen molar-refractivity contribution in [2.24, 2.45) is 0 Å². The lowest BCUT2D eigenvalue weighted by Gasteiger charge is -2.10. The lowest BCUT2D eigenvalue weighted by Crippen LogP contribution is -2.21. The van der Waals surface area contributed by atoms with Crippen LogP contribution in [0.25, 0.3) is 0 Å². The maximum atomic E-state index is 12.1. The summed E-state index contributed by atoms with van der Waals surface area (Å²) in [7, 11) is 0. The largest absolute Gasteiger partial charge is 0.376 e. The van der Waals surface area contributed by atoms with Gasteiger partial charge >= 0.3 is 0 Å². The molecule has 0 aliphatic rings. The molecule has 0 fully saturated rings. The first-order valence-corrected chi connectivity index (χ1v) is 8.27. The summed E-state index contributed by atoms with van der Waals surface area (Å²) in [6.07, 6.45) is 0.420. The van der Waals surface area contributed by atoms with Crippen molar-refractivity contribution < 1.29 is 14.4 Å². The average molecular weight is 354 g/mol. The van der Waals surface area contributed by atoms with Gasteiger partial charge in [0.15, 0.2) is 0 Å². The topological polar surface area (TPSA) is 99.3 Å². The summed E-state index contributed by atoms with van der Waals surface area (Å²) < 4.78 is 0. The van der Waals surface area contributed by atoms with Gasteiger partial charge in [-0.05, 0) is 42.5 Å². The molecule has 0 heterocycles. The fraction of sp³-hybridized carbons (Fsp3) is 0.211. The Morgan fingerprint density at radius 3 is 1.96 bits per heavy atom. The molecule has 7 nitrogen and oxygen atoms in total. The molecule has 0 saturated heterocycles. The smallest absolute Gasteiger partial charge is 0.243 e. The lowest BCUT2D eigenvalue weighted by molar-refractivity contribution is -0.116. The molecule has 0 spiro atoms. The molecule has 0 radical (unpaired) electrons. The Morgan fingerprint density at radius 1 is 0.769 bits per heavy atom. The van der Waals surface area contributed by atoms with Crippen molar-refractivity contribution in [2.45, 2.75) is 20.3 Å². The standard InChI is InChI=1S/C19H22N4O3/c1-3-18(25)22-15-9-7-14(8-10-15)20-12-19(26)23-17-6-4-5-16(11-17)21-13(2)24/h4-11,20H,3,12H2,1-2H3,(H,21,24)(H,22,25)(H,23,26). The molecule has 0 aliphatic carbocycles. The average Bonchev–Trinajstić information content (AvgIpc) is 2.60. The van der Waals surface area contributed by atoms with Crippen LogP contribution < -0.4 is 21.3 Å². The number of hydrogen-bond acceptors (Lipinski definition) is 4. The highest BCUT2D eigenvalue weighted by atomic mass is 16.2. The minimum absolute atomic E-state index is 0.0495. The molecule has 0 bridgehead atoms. The van der Waals surface area contributed by atoms with Crippen molar-refractivity contribution in [3.63, 3.8) is 0 Å². The van der Waals surface area contributed by atoms with Crippen LogP contribution in [0.4, 0.5) is 22.7 Å². The van der Waals surface area contributed by atoms with Gasteiger partial charge in [-0.1, -0.05) is 13.0 Å². The Morgan fingerprint density at radius 2 is 1.35 bits per heavy atom. The maximum Gasteiger partial charge on any atom is 0.243 e. The van der Waals surface area contributed by atoms with Crippen LogP contribution in [0, 0.1) is 0 Å². The normalized spacial score (nSPS) is 9.92. The zero-order valence-corrected chi connectivity index (χ0v) is 14.8. The molecule has 2 aromatic carbocycles. The number of carbonyl (C=O) groups excluding carboxylic acids is 3. The molecule has 0 aromatic heterocycles. The SMILES string of the molecule is CCC(=O)Nc1ccc(NCC(=O)Nc2cccc(NC(C)=O)c2)cc1. The van der Waals surface area contributed by atoms with E-state index in [-0.39, 0.29) is 24.3 Å². The van der Waals surface area contributed by atoms with Crippen molar-refractivity contribution in [1.82, 2.24) is 0 Å². The molecule has 2 aromatic rings. The number of benzene rings is 2. The maximum absolute atomic E-state index is 12.1. The zero-order valence-electron chi connectivity index (χ0n) is 14.8. The van der Waals surface area contributed by atoms with E-state index in [1.165, 1.54) is 6.92 Å². The number of amides is 3. The van der Waals surface area contributed by atoms with Crippen LogP contribution >= 0.6 is 0 Å². The van der Waals surface area contributed by atoms with Gasteiger partial charge in [0.25, 0.3) is 0 Å². The van der Waals surface area contributed by atoms with E-state index in [2.05, 4.69) is 21.3 Å². The first-order chi connectivity index (χ1) is 12.5. The van der Waals surface area contributed by atoms with E-state index in [0.29, 0.717) is 23.5 Å². The lowest BCUT2D eigenvalue weighted by atomic mass is 10.2. The van der Waals surface area contributed by atoms with Crippen LogP contribution in [0.2, 0.25) is 0 Å². The van der Waals surface area contributed by atoms with Gasteiger partial charge in [-0.15, -0.1) is 0 Å². The fourth-order valence-electron chi connectivity index (χ4n) is 2.19. The highest BCUT2D eigenvalue weighted by molar-refractivity contribution is 5.95. The summed E-state index contributed by atoms with van der Waals surface area (Å²) in [6.45, 7) is 3.30. The minimum atomic E-state index is -0.215. The molecule has 0 aliphatic heterocycles. The fourth-order valence-corrected chi connectivity index (χ4v) is 2.19. The van der Waals surface area contributed by atoms with Crippen LogP contribution in [0.1, 0.15) is 20.3 Å². The molecule has 0 unspecified atom stereocenters. The third-order valence-electron chi connectivity index (χ3n) is 3.41. The van der Waals surface area contributed by atoms with E-state index in [1.54, 1.807) is 55.5 Å². The van der Waals surface area contributed by atoms with Crippen molar-refractivity contribution in [3.05, 3.63) is 48.5 Å². The van der Waals surface area contributed by atoms with Gasteiger partial charge in [-0.25, -0.2) is 0 Å². The second-order valence-electron chi connectivity index (χ2n) is 5.64. The highest BCUT2D eigenvalue weighted by Crippen LogP contribution is 2.16. The van der Waals surface area contributed by atoms with E-state index in [9.17, 15) is 14.4 Å². The van der Waals surface area contributed by atoms with Crippen molar-refractivity contribution >= 4 is 40.5 Å². The van der Waals surface area contributed by atoms with Gasteiger partial charge in [0, 0.05) is 36.1 Å². The summed E-state index contributed by atoms with van der Waals surface area (Å²) in [5.41, 5.74) is 2.69. The van der Waals surface area contributed by atoms with E-state index >= 15 is 0 Å². The van der Waals surface area contributed by atoms with Gasteiger partial charge in [-0.3, -0.25) is 14.4 Å². The number of carbonyl (C=O) groups is 3. The van der Waals surface area contributed by atoms with Gasteiger partial charge in [0.1, 0.15) is 0 Å². The summed E-state index contributed by atoms with van der Waals surface area (Å²) in [5, 5.41) is 11.2. The number of hydrogen-bond donors (Lipinski definition) is 4. The number of nitrogens with one attached hydrogen (secondary N) is 4. The van der Waals surface area contributed by atoms with Gasteiger partial charge < -0.3 is 21.3 Å². The summed E-state index contributed by atoms with van der Waals surface area (Å²) in [6, 6.07) is 14.0. The Kier molecular flexibility index (Phi) is 6.73. The molecule has 0 atom stereocenters. The third kappa shape index (κ3) is 6.27. The summed E-state index contributed by atoms with van der Waals surface area (Å²) in [5.74, 6) is -0.436. The molecule has 26 heavy (non-hydrogen) atoms. The zero-order chi connectivity index (χ0) is 18.9. The molecule has 7 heteroatoms. The Hall–Kier alpha value is -3.35. The predicted octanol–water partition coefficient (Wildman–Crippen LogP) is 3.04. The quantitative estimate of drug-likeness (QED) is 0.614. The first-order valence-electron chi connectivity index (χ1n) is 8.27. The molecular formula is C19H22N4O3. The summed E-state index contributed by atoms with van der Waals surface area (Å²) >= 11 is 0. The van der Waals surface area contributed by atoms with Crippen LogP contribution in [-0.4, -0.2) is 24.3 Å². The molecule has 4 N–H and O–H groups in total. The van der Waals surface area contributed by atoms with Crippen molar-refractivity contribution in [3.8, 4) is 0 Å².